The highest BCUT2D eigenvalue weighted by molar-refractivity contribution is 5.94. The van der Waals surface area contributed by atoms with E-state index in [0.29, 0.717) is 6.54 Å². The van der Waals surface area contributed by atoms with Crippen LogP contribution in [0.5, 0.6) is 0 Å². The maximum Gasteiger partial charge on any atom is 0.261 e. The van der Waals surface area contributed by atoms with Gasteiger partial charge in [-0.2, -0.15) is 0 Å². The van der Waals surface area contributed by atoms with Gasteiger partial charge < -0.3 is 15.2 Å². The molecule has 0 unspecified atom stereocenters. The summed E-state index contributed by atoms with van der Waals surface area (Å²) in [5.74, 6) is 0.835. The maximum absolute atomic E-state index is 12.5. The van der Waals surface area contributed by atoms with E-state index in [9.17, 15) is 9.59 Å². The number of H-pyrrole nitrogens is 1. The minimum Gasteiger partial charge on any atom is -0.355 e. The molecule has 0 bridgehead atoms. The van der Waals surface area contributed by atoms with Crippen molar-refractivity contribution in [2.75, 3.05) is 18.0 Å². The van der Waals surface area contributed by atoms with E-state index < -0.39 is 0 Å². The molecule has 1 amide bonds. The van der Waals surface area contributed by atoms with Gasteiger partial charge in [-0.05, 0) is 49.9 Å². The first-order chi connectivity index (χ1) is 12.4. The molecule has 3 rings (SSSR count). The number of hydrogen-bond donors (Lipinski definition) is 2. The van der Waals surface area contributed by atoms with Gasteiger partial charge in [-0.3, -0.25) is 9.59 Å². The molecule has 2 aromatic rings. The Morgan fingerprint density at radius 2 is 2.12 bits per heavy atom. The molecule has 138 valence electrons. The summed E-state index contributed by atoms with van der Waals surface area (Å²) in [7, 11) is 0. The van der Waals surface area contributed by atoms with Crippen molar-refractivity contribution in [1.29, 1.82) is 0 Å². The predicted octanol–water partition coefficient (Wildman–Crippen LogP) is 2.60. The van der Waals surface area contributed by atoms with Gasteiger partial charge in [-0.15, -0.1) is 0 Å². The minimum atomic E-state index is -0.332. The summed E-state index contributed by atoms with van der Waals surface area (Å²) in [5, 5.41) is 3.01. The lowest BCUT2D eigenvalue weighted by atomic mass is 10.0. The molecular weight excluding hydrogens is 328 g/mol. The maximum atomic E-state index is 12.5. The number of carbonyl (C=O) groups is 1. The van der Waals surface area contributed by atoms with Crippen molar-refractivity contribution in [3.8, 4) is 0 Å². The lowest BCUT2D eigenvalue weighted by Crippen LogP contribution is -2.48. The SMILES string of the molecule is Cc1cccc(N2CCC[C@H](NC(=O)c3ccc(C(C)C)[nH]c3=O)C2)n1. The number of carbonyl (C=O) groups excluding carboxylic acids is 1. The van der Waals surface area contributed by atoms with Crippen LogP contribution in [0.25, 0.3) is 0 Å². The number of pyridine rings is 2. The van der Waals surface area contributed by atoms with Crippen LogP contribution in [-0.2, 0) is 0 Å². The average molecular weight is 354 g/mol. The Hall–Kier alpha value is -2.63. The van der Waals surface area contributed by atoms with Gasteiger partial charge in [0.25, 0.3) is 11.5 Å². The van der Waals surface area contributed by atoms with Gasteiger partial charge in [0.05, 0.1) is 0 Å². The highest BCUT2D eigenvalue weighted by Gasteiger charge is 2.23. The molecule has 0 saturated carbocycles. The number of amides is 1. The lowest BCUT2D eigenvalue weighted by Gasteiger charge is -2.34. The van der Waals surface area contributed by atoms with E-state index in [1.165, 1.54) is 0 Å². The molecule has 0 spiro atoms. The summed E-state index contributed by atoms with van der Waals surface area (Å²) in [4.78, 5) is 34.3. The Morgan fingerprint density at radius 1 is 1.31 bits per heavy atom. The van der Waals surface area contributed by atoms with Crippen molar-refractivity contribution in [2.24, 2.45) is 0 Å². The summed E-state index contributed by atoms with van der Waals surface area (Å²) in [6, 6.07) is 9.39. The van der Waals surface area contributed by atoms with E-state index in [-0.39, 0.29) is 29.0 Å². The second-order valence-electron chi connectivity index (χ2n) is 7.21. The summed E-state index contributed by atoms with van der Waals surface area (Å²) >= 11 is 0. The third kappa shape index (κ3) is 4.12. The lowest BCUT2D eigenvalue weighted by molar-refractivity contribution is 0.0931. The Labute approximate surface area is 153 Å². The summed E-state index contributed by atoms with van der Waals surface area (Å²) in [6.45, 7) is 7.60. The van der Waals surface area contributed by atoms with Crippen LogP contribution >= 0.6 is 0 Å². The molecule has 1 atom stereocenters. The molecule has 0 aliphatic carbocycles. The first kappa shape index (κ1) is 18.2. The Balaban J connectivity index is 1.68. The topological polar surface area (TPSA) is 78.1 Å². The summed E-state index contributed by atoms with van der Waals surface area (Å²) in [6.07, 6.45) is 1.87. The number of anilines is 1. The van der Waals surface area contributed by atoms with E-state index in [0.717, 1.165) is 36.6 Å². The molecule has 6 heteroatoms. The zero-order valence-electron chi connectivity index (χ0n) is 15.6. The Kier molecular flexibility index (Phi) is 5.40. The highest BCUT2D eigenvalue weighted by Crippen LogP contribution is 2.18. The van der Waals surface area contributed by atoms with Crippen LogP contribution in [0.4, 0.5) is 5.82 Å². The molecule has 1 fully saturated rings. The van der Waals surface area contributed by atoms with Crippen molar-refractivity contribution in [3.05, 3.63) is 57.6 Å². The molecule has 1 aliphatic rings. The number of nitrogens with one attached hydrogen (secondary N) is 2. The molecule has 1 aliphatic heterocycles. The summed E-state index contributed by atoms with van der Waals surface area (Å²) in [5.41, 5.74) is 1.65. The quantitative estimate of drug-likeness (QED) is 0.885. The molecule has 1 saturated heterocycles. The van der Waals surface area contributed by atoms with Crippen molar-refractivity contribution in [3.63, 3.8) is 0 Å². The number of aromatic amines is 1. The van der Waals surface area contributed by atoms with Crippen LogP contribution in [0.3, 0.4) is 0 Å². The fraction of sp³-hybridized carbons (Fsp3) is 0.450. The third-order valence-corrected chi connectivity index (χ3v) is 4.75. The first-order valence-corrected chi connectivity index (χ1v) is 9.16. The van der Waals surface area contributed by atoms with Crippen molar-refractivity contribution in [1.82, 2.24) is 15.3 Å². The number of nitrogens with zero attached hydrogens (tertiary/aromatic N) is 2. The van der Waals surface area contributed by atoms with Gasteiger partial charge in [0.2, 0.25) is 0 Å². The number of hydrogen-bond acceptors (Lipinski definition) is 4. The first-order valence-electron chi connectivity index (χ1n) is 9.16. The van der Waals surface area contributed by atoms with E-state index in [2.05, 4.69) is 20.2 Å². The molecule has 3 heterocycles. The van der Waals surface area contributed by atoms with Crippen molar-refractivity contribution in [2.45, 2.75) is 45.6 Å². The molecular formula is C20H26N4O2. The molecule has 26 heavy (non-hydrogen) atoms. The fourth-order valence-electron chi connectivity index (χ4n) is 3.28. The van der Waals surface area contributed by atoms with Crippen LogP contribution < -0.4 is 15.8 Å². The normalized spacial score (nSPS) is 17.4. The van der Waals surface area contributed by atoms with Crippen LogP contribution in [0, 0.1) is 6.92 Å². The monoisotopic (exact) mass is 354 g/mol. The largest absolute Gasteiger partial charge is 0.355 e. The van der Waals surface area contributed by atoms with Crippen molar-refractivity contribution < 1.29 is 4.79 Å². The van der Waals surface area contributed by atoms with Gasteiger partial charge in [0.1, 0.15) is 11.4 Å². The van der Waals surface area contributed by atoms with Crippen molar-refractivity contribution >= 4 is 11.7 Å². The van der Waals surface area contributed by atoms with Gasteiger partial charge >= 0.3 is 0 Å². The van der Waals surface area contributed by atoms with Gasteiger partial charge in [0, 0.05) is 30.5 Å². The Morgan fingerprint density at radius 3 is 2.81 bits per heavy atom. The minimum absolute atomic E-state index is 0.00253. The molecule has 0 radical (unpaired) electrons. The van der Waals surface area contributed by atoms with Gasteiger partial charge in [-0.1, -0.05) is 19.9 Å². The van der Waals surface area contributed by atoms with E-state index >= 15 is 0 Å². The second-order valence-corrected chi connectivity index (χ2v) is 7.21. The van der Waals surface area contributed by atoms with Gasteiger partial charge in [0.15, 0.2) is 0 Å². The van der Waals surface area contributed by atoms with Crippen LogP contribution in [0.1, 0.15) is 54.4 Å². The van der Waals surface area contributed by atoms with Crippen LogP contribution in [0.15, 0.2) is 35.1 Å². The number of aryl methyl sites for hydroxylation is 1. The zero-order valence-corrected chi connectivity index (χ0v) is 15.6. The zero-order chi connectivity index (χ0) is 18.7. The summed E-state index contributed by atoms with van der Waals surface area (Å²) < 4.78 is 0. The number of rotatable bonds is 4. The van der Waals surface area contributed by atoms with Gasteiger partial charge in [-0.25, -0.2) is 4.98 Å². The van der Waals surface area contributed by atoms with E-state index in [1.807, 2.05) is 45.0 Å². The third-order valence-electron chi connectivity index (χ3n) is 4.75. The van der Waals surface area contributed by atoms with Crippen LogP contribution in [0.2, 0.25) is 0 Å². The number of piperidine rings is 1. The molecule has 2 N–H and O–H groups in total. The average Bonchev–Trinajstić information content (AvgIpc) is 2.61. The Bertz CT molecular complexity index is 844. The number of aromatic nitrogens is 2. The van der Waals surface area contributed by atoms with E-state index in [1.54, 1.807) is 6.07 Å². The van der Waals surface area contributed by atoms with Crippen LogP contribution in [-0.4, -0.2) is 35.0 Å². The smallest absolute Gasteiger partial charge is 0.261 e. The standard InChI is InChI=1S/C20H26N4O2/c1-13(2)17-10-9-16(20(26)23-17)19(25)22-15-7-5-11-24(12-15)18-8-4-6-14(3)21-18/h4,6,8-10,13,15H,5,7,11-12H2,1-3H3,(H,22,25)(H,23,26)/t15-/m0/s1. The predicted molar refractivity (Wildman–Crippen MR) is 103 cm³/mol. The second kappa shape index (κ2) is 7.72. The molecule has 0 aromatic carbocycles. The molecule has 2 aromatic heterocycles. The fourth-order valence-corrected chi connectivity index (χ4v) is 3.28. The molecule has 6 nitrogen and oxygen atoms in total. The van der Waals surface area contributed by atoms with E-state index in [4.69, 9.17) is 0 Å². The highest BCUT2D eigenvalue weighted by atomic mass is 16.2.